The smallest absolute Gasteiger partial charge is 0.00262 e. The van der Waals surface area contributed by atoms with Crippen molar-refractivity contribution in [1.82, 2.24) is 0 Å². The van der Waals surface area contributed by atoms with Crippen LogP contribution >= 0.6 is 0 Å². The van der Waals surface area contributed by atoms with Crippen LogP contribution < -0.4 is 0 Å². The number of hydrogen-bond donors (Lipinski definition) is 0. The molecule has 9 aromatic rings. The van der Waals surface area contributed by atoms with Gasteiger partial charge in [0.25, 0.3) is 0 Å². The van der Waals surface area contributed by atoms with Crippen LogP contribution in [0.15, 0.2) is 170 Å². The maximum atomic E-state index is 2.39. The predicted octanol–water partition coefficient (Wildman–Crippen LogP) is 12.5. The molecule has 0 aliphatic rings. The zero-order chi connectivity index (χ0) is 29.0. The molecule has 0 fully saturated rings. The molecule has 0 aliphatic carbocycles. The van der Waals surface area contributed by atoms with E-state index in [-0.39, 0.29) is 0 Å². The van der Waals surface area contributed by atoms with Gasteiger partial charge in [-0.25, -0.2) is 0 Å². The molecule has 0 aromatic heterocycles. The van der Waals surface area contributed by atoms with Crippen LogP contribution in [0.3, 0.4) is 0 Å². The lowest BCUT2D eigenvalue weighted by atomic mass is 9.85. The molecule has 0 saturated carbocycles. The van der Waals surface area contributed by atoms with Crippen LogP contribution in [0.4, 0.5) is 0 Å². The fourth-order valence-corrected chi connectivity index (χ4v) is 7.24. The highest BCUT2D eigenvalue weighted by Crippen LogP contribution is 2.45. The fraction of sp³-hybridized carbons (Fsp3) is 0. The van der Waals surface area contributed by atoms with Gasteiger partial charge in [0, 0.05) is 0 Å². The van der Waals surface area contributed by atoms with E-state index in [2.05, 4.69) is 170 Å². The summed E-state index contributed by atoms with van der Waals surface area (Å²) in [5.41, 5.74) is 7.56. The lowest BCUT2D eigenvalue weighted by Gasteiger charge is -2.19. The van der Waals surface area contributed by atoms with Gasteiger partial charge >= 0.3 is 0 Å². The van der Waals surface area contributed by atoms with Crippen molar-refractivity contribution in [2.45, 2.75) is 0 Å². The first-order chi connectivity index (χ1) is 21.8. The third-order valence-corrected chi connectivity index (χ3v) is 9.20. The zero-order valence-corrected chi connectivity index (χ0v) is 24.2. The van der Waals surface area contributed by atoms with Crippen molar-refractivity contribution in [3.8, 4) is 33.4 Å². The third-order valence-electron chi connectivity index (χ3n) is 9.20. The average molecular weight is 557 g/mol. The Bertz CT molecular complexity index is 2490. The summed E-state index contributed by atoms with van der Waals surface area (Å²) < 4.78 is 0. The van der Waals surface area contributed by atoms with E-state index < -0.39 is 0 Å². The van der Waals surface area contributed by atoms with Gasteiger partial charge in [0.1, 0.15) is 0 Å². The summed E-state index contributed by atoms with van der Waals surface area (Å²) in [7, 11) is 0. The molecule has 0 atom stereocenters. The van der Waals surface area contributed by atoms with Crippen molar-refractivity contribution in [1.29, 1.82) is 0 Å². The Morgan fingerprint density at radius 1 is 0.250 bits per heavy atom. The van der Waals surface area contributed by atoms with E-state index in [4.69, 9.17) is 0 Å². The predicted molar refractivity (Wildman–Crippen MR) is 190 cm³/mol. The van der Waals surface area contributed by atoms with Gasteiger partial charge in [-0.15, -0.1) is 0 Å². The molecule has 0 aliphatic heterocycles. The molecule has 0 nitrogen and oxygen atoms in total. The standard InChI is InChI=1S/C44H28/c1-2-13-32-27-35(26-23-29(32)11-1)44-40-20-7-5-18-38(40)43(39-19-6-8-21-41(39)44)34-16-9-15-33(28-34)37-22-10-14-31-25-24-30-12-3-4-17-36(30)42(31)37/h1-28H. The van der Waals surface area contributed by atoms with Gasteiger partial charge in [-0.1, -0.05) is 158 Å². The Kier molecular flexibility index (Phi) is 5.61. The summed E-state index contributed by atoms with van der Waals surface area (Å²) in [5.74, 6) is 0. The van der Waals surface area contributed by atoms with E-state index in [0.717, 1.165) is 0 Å². The average Bonchev–Trinajstić information content (AvgIpc) is 3.10. The second-order valence-electron chi connectivity index (χ2n) is 11.7. The highest BCUT2D eigenvalue weighted by Gasteiger charge is 2.17. The minimum atomic E-state index is 1.23. The molecular formula is C44H28. The summed E-state index contributed by atoms with van der Waals surface area (Å²) >= 11 is 0. The monoisotopic (exact) mass is 556 g/mol. The topological polar surface area (TPSA) is 0 Å². The summed E-state index contributed by atoms with van der Waals surface area (Å²) in [4.78, 5) is 0. The van der Waals surface area contributed by atoms with E-state index in [1.165, 1.54) is 87.2 Å². The van der Waals surface area contributed by atoms with Crippen LogP contribution in [0.1, 0.15) is 0 Å². The van der Waals surface area contributed by atoms with Crippen molar-refractivity contribution in [2.75, 3.05) is 0 Å². The Morgan fingerprint density at radius 3 is 1.43 bits per heavy atom. The first-order valence-electron chi connectivity index (χ1n) is 15.3. The fourth-order valence-electron chi connectivity index (χ4n) is 7.24. The minimum Gasteiger partial charge on any atom is -0.0616 e. The van der Waals surface area contributed by atoms with Crippen LogP contribution in [0.25, 0.3) is 87.2 Å². The van der Waals surface area contributed by atoms with Gasteiger partial charge in [0.2, 0.25) is 0 Å². The maximum absolute atomic E-state index is 2.39. The van der Waals surface area contributed by atoms with Crippen LogP contribution in [0.5, 0.6) is 0 Å². The minimum absolute atomic E-state index is 1.23. The lowest BCUT2D eigenvalue weighted by Crippen LogP contribution is -1.91. The van der Waals surface area contributed by atoms with Gasteiger partial charge in [-0.2, -0.15) is 0 Å². The molecule has 0 spiro atoms. The molecule has 9 aromatic carbocycles. The molecule has 0 bridgehead atoms. The van der Waals surface area contributed by atoms with Gasteiger partial charge in [0.05, 0.1) is 0 Å². The normalized spacial score (nSPS) is 11.6. The lowest BCUT2D eigenvalue weighted by molar-refractivity contribution is 1.64. The maximum Gasteiger partial charge on any atom is -0.00262 e. The summed E-state index contributed by atoms with van der Waals surface area (Å²) in [6.45, 7) is 0. The Labute approximate surface area is 256 Å². The highest BCUT2D eigenvalue weighted by molar-refractivity contribution is 6.22. The van der Waals surface area contributed by atoms with Crippen LogP contribution in [0.2, 0.25) is 0 Å². The zero-order valence-electron chi connectivity index (χ0n) is 24.2. The highest BCUT2D eigenvalue weighted by atomic mass is 14.2. The molecule has 0 saturated heterocycles. The van der Waals surface area contributed by atoms with E-state index in [1.54, 1.807) is 0 Å². The molecular weight excluding hydrogens is 528 g/mol. The van der Waals surface area contributed by atoms with Crippen molar-refractivity contribution in [2.24, 2.45) is 0 Å². The van der Waals surface area contributed by atoms with Crippen LogP contribution in [-0.2, 0) is 0 Å². The number of fused-ring (bicyclic) bond motifs is 6. The van der Waals surface area contributed by atoms with Gasteiger partial charge < -0.3 is 0 Å². The molecule has 44 heavy (non-hydrogen) atoms. The number of benzene rings is 9. The van der Waals surface area contributed by atoms with E-state index in [0.29, 0.717) is 0 Å². The molecule has 0 N–H and O–H groups in total. The Hall–Kier alpha value is -5.72. The molecule has 0 heterocycles. The van der Waals surface area contributed by atoms with Crippen molar-refractivity contribution >= 4 is 53.9 Å². The van der Waals surface area contributed by atoms with Crippen molar-refractivity contribution in [3.63, 3.8) is 0 Å². The molecule has 0 unspecified atom stereocenters. The first-order valence-corrected chi connectivity index (χ1v) is 15.3. The van der Waals surface area contributed by atoms with E-state index in [1.807, 2.05) is 0 Å². The van der Waals surface area contributed by atoms with Gasteiger partial charge in [0.15, 0.2) is 0 Å². The Morgan fingerprint density at radius 2 is 0.727 bits per heavy atom. The number of hydrogen-bond acceptors (Lipinski definition) is 0. The second-order valence-corrected chi connectivity index (χ2v) is 11.7. The van der Waals surface area contributed by atoms with Crippen molar-refractivity contribution in [3.05, 3.63) is 170 Å². The van der Waals surface area contributed by atoms with Gasteiger partial charge in [-0.3, -0.25) is 0 Å². The molecule has 0 radical (unpaired) electrons. The molecule has 0 heteroatoms. The molecule has 9 rings (SSSR count). The molecule has 0 amide bonds. The third kappa shape index (κ3) is 3.85. The first kappa shape index (κ1) is 24.8. The summed E-state index contributed by atoms with van der Waals surface area (Å²) in [6, 6.07) is 62.3. The van der Waals surface area contributed by atoms with E-state index in [9.17, 15) is 0 Å². The van der Waals surface area contributed by atoms with Gasteiger partial charge in [-0.05, 0) is 99.4 Å². The van der Waals surface area contributed by atoms with Crippen LogP contribution in [0, 0.1) is 0 Å². The second kappa shape index (κ2) is 9.93. The SMILES string of the molecule is c1cc(-c2c3ccccc3c(-c3ccc4ccccc4c3)c3ccccc23)cc(-c2cccc3ccc4ccccc4c23)c1. The summed E-state index contributed by atoms with van der Waals surface area (Å²) in [5, 5.41) is 12.8. The summed E-state index contributed by atoms with van der Waals surface area (Å²) in [6.07, 6.45) is 0. The van der Waals surface area contributed by atoms with Crippen LogP contribution in [-0.4, -0.2) is 0 Å². The van der Waals surface area contributed by atoms with E-state index >= 15 is 0 Å². The Balaban J connectivity index is 1.32. The number of rotatable bonds is 3. The quantitative estimate of drug-likeness (QED) is 0.150. The van der Waals surface area contributed by atoms with Crippen molar-refractivity contribution < 1.29 is 0 Å². The molecule has 204 valence electrons. The largest absolute Gasteiger partial charge is 0.0616 e.